The number of rotatable bonds is 4. The molecular formula is C20H21N3O3. The van der Waals surface area contributed by atoms with E-state index in [-0.39, 0.29) is 30.6 Å². The molecule has 0 aliphatic carbocycles. The standard InChI is InChI=1S/C20H21N3O3/c1-12-3-5-14(6-4-12)19(21)20(26)22-15-7-8-16(13(2)11-15)23-17(24)9-10-18(23)25/h3-8,11,19H,9-10,21H2,1-2H3,(H,22,26). The van der Waals surface area contributed by atoms with Crippen LogP contribution in [0.25, 0.3) is 0 Å². The van der Waals surface area contributed by atoms with Crippen LogP contribution in [0.3, 0.4) is 0 Å². The van der Waals surface area contributed by atoms with Gasteiger partial charge in [0.25, 0.3) is 0 Å². The molecule has 134 valence electrons. The summed E-state index contributed by atoms with van der Waals surface area (Å²) in [4.78, 5) is 37.4. The molecular weight excluding hydrogens is 330 g/mol. The maximum absolute atomic E-state index is 12.4. The Bertz CT molecular complexity index is 858. The van der Waals surface area contributed by atoms with Crippen molar-refractivity contribution in [2.75, 3.05) is 10.2 Å². The molecule has 1 fully saturated rings. The highest BCUT2D eigenvalue weighted by Crippen LogP contribution is 2.28. The number of nitrogens with zero attached hydrogens (tertiary/aromatic N) is 1. The van der Waals surface area contributed by atoms with Crippen molar-refractivity contribution in [2.24, 2.45) is 5.73 Å². The van der Waals surface area contributed by atoms with Gasteiger partial charge in [-0.1, -0.05) is 29.8 Å². The van der Waals surface area contributed by atoms with Crippen LogP contribution in [-0.2, 0) is 14.4 Å². The Labute approximate surface area is 152 Å². The highest BCUT2D eigenvalue weighted by Gasteiger charge is 2.31. The number of anilines is 2. The maximum Gasteiger partial charge on any atom is 0.245 e. The van der Waals surface area contributed by atoms with Gasteiger partial charge in [-0.3, -0.25) is 19.3 Å². The fourth-order valence-corrected chi connectivity index (χ4v) is 2.97. The minimum atomic E-state index is -0.780. The zero-order valence-electron chi connectivity index (χ0n) is 14.8. The maximum atomic E-state index is 12.4. The van der Waals surface area contributed by atoms with Crippen LogP contribution in [0.5, 0.6) is 0 Å². The van der Waals surface area contributed by atoms with Crippen molar-refractivity contribution in [1.82, 2.24) is 0 Å². The van der Waals surface area contributed by atoms with E-state index in [1.54, 1.807) is 25.1 Å². The van der Waals surface area contributed by atoms with Crippen molar-refractivity contribution < 1.29 is 14.4 Å². The second-order valence-electron chi connectivity index (χ2n) is 6.50. The number of hydrogen-bond acceptors (Lipinski definition) is 4. The first-order valence-corrected chi connectivity index (χ1v) is 8.46. The number of benzene rings is 2. The van der Waals surface area contributed by atoms with E-state index in [1.165, 1.54) is 4.90 Å². The van der Waals surface area contributed by atoms with Gasteiger partial charge >= 0.3 is 0 Å². The number of carbonyl (C=O) groups excluding carboxylic acids is 3. The number of amides is 3. The number of aryl methyl sites for hydroxylation is 2. The number of nitrogens with one attached hydrogen (secondary N) is 1. The first-order chi connectivity index (χ1) is 12.4. The van der Waals surface area contributed by atoms with Gasteiger partial charge in [-0.05, 0) is 43.2 Å². The molecule has 1 atom stereocenters. The predicted octanol–water partition coefficient (Wildman–Crippen LogP) is 2.60. The molecule has 3 N–H and O–H groups in total. The summed E-state index contributed by atoms with van der Waals surface area (Å²) in [5.74, 6) is -0.720. The Morgan fingerprint density at radius 1 is 1.04 bits per heavy atom. The quantitative estimate of drug-likeness (QED) is 0.828. The number of imide groups is 1. The summed E-state index contributed by atoms with van der Waals surface area (Å²) in [7, 11) is 0. The second-order valence-corrected chi connectivity index (χ2v) is 6.50. The highest BCUT2D eigenvalue weighted by atomic mass is 16.2. The van der Waals surface area contributed by atoms with E-state index >= 15 is 0 Å². The molecule has 1 unspecified atom stereocenters. The zero-order chi connectivity index (χ0) is 18.8. The van der Waals surface area contributed by atoms with Gasteiger partial charge in [0.1, 0.15) is 6.04 Å². The van der Waals surface area contributed by atoms with Gasteiger partial charge in [0.2, 0.25) is 17.7 Å². The topological polar surface area (TPSA) is 92.5 Å². The van der Waals surface area contributed by atoms with Gasteiger partial charge in [-0.15, -0.1) is 0 Å². The van der Waals surface area contributed by atoms with Crippen LogP contribution >= 0.6 is 0 Å². The zero-order valence-corrected chi connectivity index (χ0v) is 14.8. The minimum absolute atomic E-state index is 0.198. The lowest BCUT2D eigenvalue weighted by Crippen LogP contribution is -2.29. The molecule has 0 radical (unpaired) electrons. The van der Waals surface area contributed by atoms with E-state index in [1.807, 2.05) is 31.2 Å². The number of carbonyl (C=O) groups is 3. The van der Waals surface area contributed by atoms with Crippen molar-refractivity contribution in [2.45, 2.75) is 32.7 Å². The van der Waals surface area contributed by atoms with E-state index < -0.39 is 6.04 Å². The normalized spacial score (nSPS) is 15.3. The third kappa shape index (κ3) is 3.50. The van der Waals surface area contributed by atoms with Crippen molar-refractivity contribution in [3.63, 3.8) is 0 Å². The third-order valence-corrected chi connectivity index (χ3v) is 4.48. The van der Waals surface area contributed by atoms with E-state index in [0.29, 0.717) is 11.4 Å². The molecule has 1 aliphatic heterocycles. The summed E-state index contributed by atoms with van der Waals surface area (Å²) in [5, 5.41) is 2.78. The lowest BCUT2D eigenvalue weighted by Gasteiger charge is -2.18. The largest absolute Gasteiger partial charge is 0.324 e. The Hall–Kier alpha value is -2.99. The molecule has 26 heavy (non-hydrogen) atoms. The lowest BCUT2D eigenvalue weighted by atomic mass is 10.1. The van der Waals surface area contributed by atoms with Crippen molar-refractivity contribution >= 4 is 29.1 Å². The molecule has 3 amide bonds. The molecule has 2 aromatic rings. The van der Waals surface area contributed by atoms with Crippen LogP contribution < -0.4 is 16.0 Å². The highest BCUT2D eigenvalue weighted by molar-refractivity contribution is 6.20. The first kappa shape index (κ1) is 17.8. The van der Waals surface area contributed by atoms with E-state index in [0.717, 1.165) is 16.7 Å². The van der Waals surface area contributed by atoms with Gasteiger partial charge in [-0.25, -0.2) is 0 Å². The number of nitrogens with two attached hydrogens (primary N) is 1. The fourth-order valence-electron chi connectivity index (χ4n) is 2.97. The van der Waals surface area contributed by atoms with Gasteiger partial charge in [0.15, 0.2) is 0 Å². The molecule has 6 heteroatoms. The molecule has 6 nitrogen and oxygen atoms in total. The smallest absolute Gasteiger partial charge is 0.245 e. The molecule has 2 aromatic carbocycles. The summed E-state index contributed by atoms with van der Waals surface area (Å²) in [6.07, 6.45) is 0.477. The summed E-state index contributed by atoms with van der Waals surface area (Å²) in [5.41, 5.74) is 9.71. The Kier molecular flexibility index (Phi) is 4.86. The molecule has 0 spiro atoms. The summed E-state index contributed by atoms with van der Waals surface area (Å²) in [6, 6.07) is 11.8. The Balaban J connectivity index is 1.75. The average Bonchev–Trinajstić information content (AvgIpc) is 2.94. The summed E-state index contributed by atoms with van der Waals surface area (Å²) in [6.45, 7) is 3.76. The molecule has 1 heterocycles. The van der Waals surface area contributed by atoms with Crippen molar-refractivity contribution in [3.8, 4) is 0 Å². The molecule has 0 aromatic heterocycles. The number of hydrogen-bond donors (Lipinski definition) is 2. The van der Waals surface area contributed by atoms with E-state index in [4.69, 9.17) is 5.73 Å². The van der Waals surface area contributed by atoms with Crippen LogP contribution in [0.1, 0.15) is 35.6 Å². The molecule has 1 aliphatic rings. The monoisotopic (exact) mass is 351 g/mol. The molecule has 0 bridgehead atoms. The average molecular weight is 351 g/mol. The SMILES string of the molecule is Cc1ccc(C(N)C(=O)Nc2ccc(N3C(=O)CCC3=O)c(C)c2)cc1. The van der Waals surface area contributed by atoms with Crippen LogP contribution in [0, 0.1) is 13.8 Å². The summed E-state index contributed by atoms with van der Waals surface area (Å²) < 4.78 is 0. The van der Waals surface area contributed by atoms with Crippen LogP contribution in [-0.4, -0.2) is 17.7 Å². The Morgan fingerprint density at radius 2 is 1.65 bits per heavy atom. The summed E-state index contributed by atoms with van der Waals surface area (Å²) >= 11 is 0. The van der Waals surface area contributed by atoms with E-state index in [2.05, 4.69) is 5.32 Å². The van der Waals surface area contributed by atoms with E-state index in [9.17, 15) is 14.4 Å². The molecule has 0 saturated carbocycles. The fraction of sp³-hybridized carbons (Fsp3) is 0.250. The van der Waals surface area contributed by atoms with Gasteiger partial charge < -0.3 is 11.1 Å². The van der Waals surface area contributed by atoms with Gasteiger partial charge in [0, 0.05) is 18.5 Å². The van der Waals surface area contributed by atoms with Crippen LogP contribution in [0.15, 0.2) is 42.5 Å². The van der Waals surface area contributed by atoms with Crippen molar-refractivity contribution in [1.29, 1.82) is 0 Å². The van der Waals surface area contributed by atoms with Crippen LogP contribution in [0.2, 0.25) is 0 Å². The Morgan fingerprint density at radius 3 is 2.23 bits per heavy atom. The van der Waals surface area contributed by atoms with Gasteiger partial charge in [0.05, 0.1) is 5.69 Å². The lowest BCUT2D eigenvalue weighted by molar-refractivity contribution is -0.121. The first-order valence-electron chi connectivity index (χ1n) is 8.46. The minimum Gasteiger partial charge on any atom is -0.324 e. The van der Waals surface area contributed by atoms with Gasteiger partial charge in [-0.2, -0.15) is 0 Å². The molecule has 3 rings (SSSR count). The third-order valence-electron chi connectivity index (χ3n) is 4.48. The van der Waals surface area contributed by atoms with Crippen LogP contribution in [0.4, 0.5) is 11.4 Å². The predicted molar refractivity (Wildman–Crippen MR) is 99.6 cm³/mol. The molecule has 1 saturated heterocycles. The van der Waals surface area contributed by atoms with Crippen molar-refractivity contribution in [3.05, 3.63) is 59.2 Å². The second kappa shape index (κ2) is 7.09.